The van der Waals surface area contributed by atoms with E-state index in [1.165, 1.54) is 0 Å². The third kappa shape index (κ3) is 3.84. The summed E-state index contributed by atoms with van der Waals surface area (Å²) in [6.45, 7) is 6.06. The van der Waals surface area contributed by atoms with Gasteiger partial charge in [-0.1, -0.05) is 36.4 Å². The van der Waals surface area contributed by atoms with Crippen molar-refractivity contribution in [2.75, 3.05) is 0 Å². The average Bonchev–Trinajstić information content (AvgIpc) is 2.86. The first-order valence-corrected chi connectivity index (χ1v) is 13.8. The molecule has 0 unspecified atom stereocenters. The monoisotopic (exact) mass is 501 g/mol. The second-order valence-corrected chi connectivity index (χ2v) is 12.1. The lowest BCUT2D eigenvalue weighted by molar-refractivity contribution is 0.480. The summed E-state index contributed by atoms with van der Waals surface area (Å²) < 4.78 is 2.51. The molecule has 0 aliphatic rings. The lowest BCUT2D eigenvalue weighted by Crippen LogP contribution is -2.58. The third-order valence-corrected chi connectivity index (χ3v) is 10.4. The Morgan fingerprint density at radius 3 is 1.08 bits per heavy atom. The Bertz CT molecular complexity index is 1650. The summed E-state index contributed by atoms with van der Waals surface area (Å²) in [4.78, 5) is 15.1. The molecule has 0 saturated carbocycles. The first-order chi connectivity index (χ1) is 17.8. The number of pyridine rings is 3. The molecule has 3 aromatic heterocycles. The van der Waals surface area contributed by atoms with Gasteiger partial charge in [0.05, 0.1) is 0 Å². The van der Waals surface area contributed by atoms with Crippen molar-refractivity contribution < 1.29 is 15.3 Å². The summed E-state index contributed by atoms with van der Waals surface area (Å²) in [5, 5.41) is 34.5. The van der Waals surface area contributed by atoms with Crippen LogP contribution in [0.2, 0.25) is 0 Å². The zero-order chi connectivity index (χ0) is 25.8. The predicted octanol–water partition coefficient (Wildman–Crippen LogP) is 3.89. The summed E-state index contributed by atoms with van der Waals surface area (Å²) in [7, 11) is 0. The quantitative estimate of drug-likeness (QED) is 0.318. The van der Waals surface area contributed by atoms with E-state index in [-0.39, 0.29) is 17.2 Å². The summed E-state index contributed by atoms with van der Waals surface area (Å²) in [6, 6.07) is 22.3. The van der Waals surface area contributed by atoms with Crippen LogP contribution in [-0.2, 0) is 0 Å². The molecule has 7 heteroatoms. The molecule has 0 saturated heterocycles. The van der Waals surface area contributed by atoms with Crippen LogP contribution in [0.4, 0.5) is 0 Å². The number of rotatable bonds is 3. The first-order valence-electron chi connectivity index (χ1n) is 12.1. The Balaban J connectivity index is 1.72. The molecule has 0 aliphatic heterocycles. The standard InChI is InChI=1S/3C10H8NO.Al/c3*1-7-5-8-3-2-4-9(12)10(8)11-6-7;/h3*2-5,12H,1H3;. The number of para-hydroxylation sites is 3. The van der Waals surface area contributed by atoms with Crippen molar-refractivity contribution in [3.8, 4) is 17.2 Å². The number of fused-ring (bicyclic) bond motifs is 3. The normalized spacial score (nSPS) is 11.4. The molecule has 3 N–H and O–H groups in total. The number of aromatic hydroxyl groups is 3. The fourth-order valence-corrected chi connectivity index (χ4v) is 8.34. The SMILES string of the molecule is Cc1cc2cccc(O)c2n[c]1[Al]([c]1nc2c(O)cccc2cc1C)[c]1nc2c(O)cccc2cc1C. The number of aromatic nitrogens is 3. The summed E-state index contributed by atoms with van der Waals surface area (Å²) in [6.07, 6.45) is 0. The minimum atomic E-state index is -2.48. The van der Waals surface area contributed by atoms with E-state index in [1.807, 2.05) is 75.4 Å². The van der Waals surface area contributed by atoms with Crippen molar-refractivity contribution >= 4 is 60.5 Å². The molecule has 3 heterocycles. The number of phenols is 3. The molecule has 0 bridgehead atoms. The molecular formula is C30H24AlN3O3. The van der Waals surface area contributed by atoms with Crippen molar-refractivity contribution in [1.82, 2.24) is 15.0 Å². The van der Waals surface area contributed by atoms with E-state index >= 15 is 0 Å². The van der Waals surface area contributed by atoms with Gasteiger partial charge in [0.2, 0.25) is 0 Å². The van der Waals surface area contributed by atoms with E-state index in [1.54, 1.807) is 18.2 Å². The summed E-state index contributed by atoms with van der Waals surface area (Å²) >= 11 is -2.48. The molecule has 0 amide bonds. The van der Waals surface area contributed by atoms with Gasteiger partial charge in [-0.05, 0) is 87.5 Å². The smallest absolute Gasteiger partial charge is 0.467 e. The third-order valence-electron chi connectivity index (χ3n) is 6.98. The van der Waals surface area contributed by atoms with E-state index in [4.69, 9.17) is 15.0 Å². The van der Waals surface area contributed by atoms with Crippen LogP contribution < -0.4 is 13.7 Å². The summed E-state index contributed by atoms with van der Waals surface area (Å²) in [5.41, 5.74) is 4.53. The second kappa shape index (κ2) is 8.74. The largest absolute Gasteiger partial charge is 0.506 e. The molecule has 0 aliphatic carbocycles. The second-order valence-electron chi connectivity index (χ2n) is 9.55. The molecule has 0 atom stereocenters. The van der Waals surface area contributed by atoms with Gasteiger partial charge in [0.25, 0.3) is 0 Å². The number of hydrogen-bond acceptors (Lipinski definition) is 6. The highest BCUT2D eigenvalue weighted by Gasteiger charge is 2.36. The highest BCUT2D eigenvalue weighted by molar-refractivity contribution is 6.95. The van der Waals surface area contributed by atoms with Crippen LogP contribution >= 0.6 is 0 Å². The van der Waals surface area contributed by atoms with Crippen LogP contribution in [0.15, 0.2) is 72.8 Å². The number of benzene rings is 3. The molecule has 0 spiro atoms. The van der Waals surface area contributed by atoms with Crippen molar-refractivity contribution in [2.45, 2.75) is 20.8 Å². The number of aryl methyl sites for hydroxylation is 3. The molecule has 6 aromatic rings. The first kappa shape index (κ1) is 23.2. The van der Waals surface area contributed by atoms with Gasteiger partial charge < -0.3 is 15.3 Å². The molecule has 0 fully saturated rings. The van der Waals surface area contributed by atoms with Gasteiger partial charge in [0, 0.05) is 16.2 Å². The van der Waals surface area contributed by atoms with Crippen LogP contribution in [0.3, 0.4) is 0 Å². The Labute approximate surface area is 217 Å². The van der Waals surface area contributed by atoms with E-state index in [0.29, 0.717) is 16.6 Å². The topological polar surface area (TPSA) is 99.4 Å². The van der Waals surface area contributed by atoms with Crippen molar-refractivity contribution in [3.63, 3.8) is 0 Å². The Hall–Kier alpha value is -4.18. The maximum atomic E-state index is 10.6. The number of phenolic OH excluding ortho intramolecular Hbond substituents is 3. The van der Waals surface area contributed by atoms with Crippen LogP contribution in [0, 0.1) is 20.8 Å². The lowest BCUT2D eigenvalue weighted by Gasteiger charge is -2.20. The minimum absolute atomic E-state index is 0.119. The highest BCUT2D eigenvalue weighted by atomic mass is 27.2. The van der Waals surface area contributed by atoms with Gasteiger partial charge in [0.15, 0.2) is 0 Å². The molecule has 6 nitrogen and oxygen atoms in total. The average molecular weight is 502 g/mol. The van der Waals surface area contributed by atoms with Crippen molar-refractivity contribution in [1.29, 1.82) is 0 Å². The van der Waals surface area contributed by atoms with E-state index in [2.05, 4.69) is 0 Å². The van der Waals surface area contributed by atoms with Crippen LogP contribution in [0.1, 0.15) is 16.7 Å². The number of hydrogen-bond donors (Lipinski definition) is 3. The number of nitrogens with zero attached hydrogens (tertiary/aromatic N) is 3. The van der Waals surface area contributed by atoms with Crippen LogP contribution in [0.5, 0.6) is 17.2 Å². The molecule has 6 rings (SSSR count). The Kier molecular flexibility index (Phi) is 5.49. The highest BCUT2D eigenvalue weighted by Crippen LogP contribution is 2.25. The Morgan fingerprint density at radius 1 is 0.486 bits per heavy atom. The van der Waals surface area contributed by atoms with E-state index < -0.39 is 14.1 Å². The van der Waals surface area contributed by atoms with Gasteiger partial charge in [-0.15, -0.1) is 0 Å². The van der Waals surface area contributed by atoms with E-state index in [0.717, 1.165) is 46.5 Å². The zero-order valence-corrected chi connectivity index (χ0v) is 21.8. The minimum Gasteiger partial charge on any atom is -0.506 e. The van der Waals surface area contributed by atoms with Crippen LogP contribution in [0.25, 0.3) is 32.7 Å². The molecule has 37 heavy (non-hydrogen) atoms. The van der Waals surface area contributed by atoms with Gasteiger partial charge >= 0.3 is 14.1 Å². The summed E-state index contributed by atoms with van der Waals surface area (Å²) in [5.74, 6) is 0.356. The van der Waals surface area contributed by atoms with Crippen molar-refractivity contribution in [3.05, 3.63) is 89.5 Å². The molecule has 0 radical (unpaired) electrons. The van der Waals surface area contributed by atoms with Gasteiger partial charge in [-0.25, -0.2) is 0 Å². The predicted molar refractivity (Wildman–Crippen MR) is 149 cm³/mol. The molecule has 3 aromatic carbocycles. The molecular weight excluding hydrogens is 477 g/mol. The fraction of sp³-hybridized carbons (Fsp3) is 0.100. The van der Waals surface area contributed by atoms with Crippen molar-refractivity contribution in [2.24, 2.45) is 0 Å². The maximum absolute atomic E-state index is 10.6. The van der Waals surface area contributed by atoms with Gasteiger partial charge in [0.1, 0.15) is 33.8 Å². The van der Waals surface area contributed by atoms with Crippen LogP contribution in [-0.4, -0.2) is 44.4 Å². The molecule has 180 valence electrons. The van der Waals surface area contributed by atoms with Gasteiger partial charge in [-0.3, -0.25) is 15.0 Å². The van der Waals surface area contributed by atoms with Gasteiger partial charge in [-0.2, -0.15) is 0 Å². The zero-order valence-electron chi connectivity index (χ0n) is 20.7. The van der Waals surface area contributed by atoms with E-state index in [9.17, 15) is 15.3 Å². The fourth-order valence-electron chi connectivity index (χ4n) is 5.17. The lowest BCUT2D eigenvalue weighted by atomic mass is 10.1. The maximum Gasteiger partial charge on any atom is 0.467 e. The Morgan fingerprint density at radius 2 is 0.784 bits per heavy atom.